The summed E-state index contributed by atoms with van der Waals surface area (Å²) in [6.45, 7) is 3.05. The number of benzene rings is 1. The molecule has 0 amide bonds. The minimum atomic E-state index is 0.573. The number of para-hydroxylation sites is 1. The Bertz CT molecular complexity index is 371. The topological polar surface area (TPSA) is 15.3 Å². The zero-order chi connectivity index (χ0) is 12.8. The lowest BCUT2D eigenvalue weighted by Gasteiger charge is -2.30. The van der Waals surface area contributed by atoms with Crippen molar-refractivity contribution in [3.8, 4) is 0 Å². The normalized spacial score (nSPS) is 16.3. The summed E-state index contributed by atoms with van der Waals surface area (Å²) in [5, 5.41) is 4.40. The standard InChI is InChI=1S/C15H22N2S/c1-2-17(14-11-7-4-8-12-14)15(18)16-13-9-5-3-6-10-13/h4,7-8,11-13H,2-3,5-6,9-10H2,1H3,(H,16,18). The van der Waals surface area contributed by atoms with Gasteiger partial charge >= 0.3 is 0 Å². The molecule has 1 aromatic rings. The zero-order valence-electron chi connectivity index (χ0n) is 11.1. The summed E-state index contributed by atoms with van der Waals surface area (Å²) >= 11 is 5.55. The van der Waals surface area contributed by atoms with Crippen molar-refractivity contribution in [2.45, 2.75) is 45.1 Å². The van der Waals surface area contributed by atoms with E-state index in [1.54, 1.807) is 0 Å². The van der Waals surface area contributed by atoms with Crippen molar-refractivity contribution in [2.24, 2.45) is 0 Å². The summed E-state index contributed by atoms with van der Waals surface area (Å²) in [7, 11) is 0. The molecule has 98 valence electrons. The molecule has 1 fully saturated rings. The lowest BCUT2D eigenvalue weighted by molar-refractivity contribution is 0.413. The zero-order valence-corrected chi connectivity index (χ0v) is 11.9. The molecule has 3 heteroatoms. The van der Waals surface area contributed by atoms with E-state index < -0.39 is 0 Å². The van der Waals surface area contributed by atoms with E-state index in [1.807, 2.05) is 6.07 Å². The Balaban J connectivity index is 1.97. The van der Waals surface area contributed by atoms with E-state index in [1.165, 1.54) is 37.8 Å². The summed E-state index contributed by atoms with van der Waals surface area (Å²) in [6.07, 6.45) is 6.55. The van der Waals surface area contributed by atoms with E-state index in [0.29, 0.717) is 6.04 Å². The second-order valence-corrected chi connectivity index (χ2v) is 5.25. The first kappa shape index (κ1) is 13.3. The summed E-state index contributed by atoms with van der Waals surface area (Å²) in [6, 6.07) is 10.9. The Labute approximate surface area is 115 Å². The smallest absolute Gasteiger partial charge is 0.173 e. The fourth-order valence-electron chi connectivity index (χ4n) is 2.55. The molecule has 0 saturated heterocycles. The van der Waals surface area contributed by atoms with Crippen LogP contribution in [0.2, 0.25) is 0 Å². The van der Waals surface area contributed by atoms with Crippen molar-refractivity contribution in [1.82, 2.24) is 5.32 Å². The maximum atomic E-state index is 5.55. The molecule has 1 aromatic carbocycles. The van der Waals surface area contributed by atoms with Gasteiger partial charge in [0.25, 0.3) is 0 Å². The minimum Gasteiger partial charge on any atom is -0.360 e. The molecular formula is C15H22N2S. The van der Waals surface area contributed by atoms with Crippen molar-refractivity contribution in [3.63, 3.8) is 0 Å². The molecule has 2 rings (SSSR count). The third-order valence-electron chi connectivity index (χ3n) is 3.56. The van der Waals surface area contributed by atoms with Crippen LogP contribution in [0.15, 0.2) is 30.3 Å². The first-order chi connectivity index (χ1) is 8.81. The quantitative estimate of drug-likeness (QED) is 0.836. The third-order valence-corrected chi connectivity index (χ3v) is 3.90. The number of hydrogen-bond acceptors (Lipinski definition) is 1. The first-order valence-electron chi connectivity index (χ1n) is 6.94. The maximum absolute atomic E-state index is 5.55. The summed E-state index contributed by atoms with van der Waals surface area (Å²) in [5.41, 5.74) is 1.17. The molecule has 0 atom stereocenters. The van der Waals surface area contributed by atoms with E-state index in [9.17, 15) is 0 Å². The average Bonchev–Trinajstić information content (AvgIpc) is 2.42. The summed E-state index contributed by atoms with van der Waals surface area (Å²) < 4.78 is 0. The monoisotopic (exact) mass is 262 g/mol. The van der Waals surface area contributed by atoms with Gasteiger partial charge in [0.1, 0.15) is 0 Å². The van der Waals surface area contributed by atoms with Gasteiger partial charge in [-0.2, -0.15) is 0 Å². The maximum Gasteiger partial charge on any atom is 0.173 e. The van der Waals surface area contributed by atoms with E-state index in [2.05, 4.69) is 41.4 Å². The van der Waals surface area contributed by atoms with Gasteiger partial charge in [-0.05, 0) is 44.1 Å². The van der Waals surface area contributed by atoms with E-state index >= 15 is 0 Å². The highest BCUT2D eigenvalue weighted by Crippen LogP contribution is 2.19. The molecule has 1 saturated carbocycles. The highest BCUT2D eigenvalue weighted by molar-refractivity contribution is 7.80. The number of hydrogen-bond donors (Lipinski definition) is 1. The van der Waals surface area contributed by atoms with Crippen LogP contribution in [0.25, 0.3) is 0 Å². The number of thiocarbonyl (C=S) groups is 1. The van der Waals surface area contributed by atoms with Crippen LogP contribution in [0.3, 0.4) is 0 Å². The molecule has 0 spiro atoms. The van der Waals surface area contributed by atoms with Crippen LogP contribution in [0, 0.1) is 0 Å². The van der Waals surface area contributed by atoms with Gasteiger partial charge < -0.3 is 10.2 Å². The number of nitrogens with one attached hydrogen (secondary N) is 1. The van der Waals surface area contributed by atoms with Crippen molar-refractivity contribution < 1.29 is 0 Å². The predicted octanol–water partition coefficient (Wildman–Crippen LogP) is 3.72. The molecule has 0 unspecified atom stereocenters. The number of nitrogens with zero attached hydrogens (tertiary/aromatic N) is 1. The molecule has 0 aromatic heterocycles. The molecule has 1 aliphatic rings. The summed E-state index contributed by atoms with van der Waals surface area (Å²) in [5.74, 6) is 0. The van der Waals surface area contributed by atoms with Gasteiger partial charge in [-0.3, -0.25) is 0 Å². The van der Waals surface area contributed by atoms with Gasteiger partial charge in [-0.1, -0.05) is 37.5 Å². The molecular weight excluding hydrogens is 240 g/mol. The Hall–Kier alpha value is -1.09. The van der Waals surface area contributed by atoms with E-state index in [-0.39, 0.29) is 0 Å². The average molecular weight is 262 g/mol. The largest absolute Gasteiger partial charge is 0.360 e. The van der Waals surface area contributed by atoms with Crippen molar-refractivity contribution in [1.29, 1.82) is 0 Å². The Morgan fingerprint density at radius 1 is 1.22 bits per heavy atom. The SMILES string of the molecule is CCN(C(=S)NC1CCCCC1)c1ccccc1. The van der Waals surface area contributed by atoms with Crippen LogP contribution < -0.4 is 10.2 Å². The van der Waals surface area contributed by atoms with Crippen LogP contribution in [-0.2, 0) is 0 Å². The molecule has 18 heavy (non-hydrogen) atoms. The van der Waals surface area contributed by atoms with E-state index in [4.69, 9.17) is 12.2 Å². The summed E-state index contributed by atoms with van der Waals surface area (Å²) in [4.78, 5) is 2.17. The molecule has 0 bridgehead atoms. The lowest BCUT2D eigenvalue weighted by Crippen LogP contribution is -2.45. The Morgan fingerprint density at radius 2 is 1.89 bits per heavy atom. The van der Waals surface area contributed by atoms with Crippen molar-refractivity contribution in [3.05, 3.63) is 30.3 Å². The van der Waals surface area contributed by atoms with Crippen LogP contribution in [0.4, 0.5) is 5.69 Å². The van der Waals surface area contributed by atoms with Crippen LogP contribution in [-0.4, -0.2) is 17.7 Å². The highest BCUT2D eigenvalue weighted by atomic mass is 32.1. The van der Waals surface area contributed by atoms with Gasteiger partial charge in [-0.25, -0.2) is 0 Å². The van der Waals surface area contributed by atoms with Crippen LogP contribution in [0.5, 0.6) is 0 Å². The highest BCUT2D eigenvalue weighted by Gasteiger charge is 2.17. The fraction of sp³-hybridized carbons (Fsp3) is 0.533. The van der Waals surface area contributed by atoms with Crippen LogP contribution in [0.1, 0.15) is 39.0 Å². The van der Waals surface area contributed by atoms with Crippen molar-refractivity contribution in [2.75, 3.05) is 11.4 Å². The fourth-order valence-corrected chi connectivity index (χ4v) is 2.95. The second kappa shape index (κ2) is 6.74. The molecule has 2 nitrogen and oxygen atoms in total. The van der Waals surface area contributed by atoms with Gasteiger partial charge in [0, 0.05) is 18.3 Å². The molecule has 0 aliphatic heterocycles. The first-order valence-corrected chi connectivity index (χ1v) is 7.35. The predicted molar refractivity (Wildman–Crippen MR) is 82.1 cm³/mol. The van der Waals surface area contributed by atoms with Crippen molar-refractivity contribution >= 4 is 23.0 Å². The molecule has 0 radical (unpaired) electrons. The Kier molecular flexibility index (Phi) is 5.00. The van der Waals surface area contributed by atoms with Gasteiger partial charge in [0.15, 0.2) is 5.11 Å². The van der Waals surface area contributed by atoms with Gasteiger partial charge in [0.05, 0.1) is 0 Å². The second-order valence-electron chi connectivity index (χ2n) is 4.86. The molecule has 0 heterocycles. The van der Waals surface area contributed by atoms with Gasteiger partial charge in [0.2, 0.25) is 0 Å². The van der Waals surface area contributed by atoms with Crippen LogP contribution >= 0.6 is 12.2 Å². The van der Waals surface area contributed by atoms with E-state index in [0.717, 1.165) is 11.7 Å². The third kappa shape index (κ3) is 3.45. The lowest BCUT2D eigenvalue weighted by atomic mass is 9.96. The molecule has 1 aliphatic carbocycles. The van der Waals surface area contributed by atoms with Gasteiger partial charge in [-0.15, -0.1) is 0 Å². The Morgan fingerprint density at radius 3 is 2.50 bits per heavy atom. The number of rotatable bonds is 3. The number of anilines is 1. The molecule has 1 N–H and O–H groups in total. The minimum absolute atomic E-state index is 0.573.